The van der Waals surface area contributed by atoms with Crippen molar-refractivity contribution in [2.45, 2.75) is 51.3 Å². The maximum atomic E-state index is 14.0. The van der Waals surface area contributed by atoms with Crippen molar-refractivity contribution in [1.29, 1.82) is 0 Å². The largest absolute Gasteiger partial charge is 0.506 e. The average Bonchev–Trinajstić information content (AvgIpc) is 2.58. The van der Waals surface area contributed by atoms with Gasteiger partial charge >= 0.3 is 18.0 Å². The van der Waals surface area contributed by atoms with E-state index in [0.717, 1.165) is 12.1 Å². The van der Waals surface area contributed by atoms with E-state index in [1.807, 2.05) is 0 Å². The molecule has 2 rings (SSSR count). The van der Waals surface area contributed by atoms with Crippen LogP contribution in [-0.2, 0) is 11.3 Å². The molecule has 0 bridgehead atoms. The zero-order valence-electron chi connectivity index (χ0n) is 15.8. The van der Waals surface area contributed by atoms with Crippen LogP contribution in [0.1, 0.15) is 32.3 Å². The molecule has 0 aliphatic heterocycles. The second kappa shape index (κ2) is 7.66. The minimum atomic E-state index is -6.67. The van der Waals surface area contributed by atoms with Gasteiger partial charge in [0.1, 0.15) is 5.82 Å². The average molecular weight is 443 g/mol. The van der Waals surface area contributed by atoms with Crippen molar-refractivity contribution >= 4 is 11.5 Å². The molecule has 1 aliphatic carbocycles. The van der Waals surface area contributed by atoms with E-state index in [2.05, 4.69) is 4.99 Å². The molecule has 0 atom stereocenters. The Morgan fingerprint density at radius 2 is 1.57 bits per heavy atom. The van der Waals surface area contributed by atoms with E-state index in [-0.39, 0.29) is 13.0 Å². The molecule has 0 heterocycles. The number of nitrogens with zero attached hydrogens (tertiary/aromatic N) is 1. The van der Waals surface area contributed by atoms with Gasteiger partial charge in [0.2, 0.25) is 0 Å². The highest BCUT2D eigenvalue weighted by Gasteiger charge is 2.75. The number of carbonyl (C=O) groups is 1. The summed E-state index contributed by atoms with van der Waals surface area (Å²) in [6.45, 7) is 2.76. The first kappa shape index (κ1) is 23.8. The van der Waals surface area contributed by atoms with E-state index in [4.69, 9.17) is 0 Å². The molecular formula is C19H17F8NO2. The Bertz CT molecular complexity index is 883. The van der Waals surface area contributed by atoms with E-state index in [1.165, 1.54) is 26.0 Å². The summed E-state index contributed by atoms with van der Waals surface area (Å²) in [5.74, 6) is -17.2. The number of hydrogen-bond acceptors (Lipinski definition) is 3. The zero-order valence-corrected chi connectivity index (χ0v) is 15.8. The Labute approximate surface area is 166 Å². The molecule has 1 aromatic rings. The van der Waals surface area contributed by atoms with Gasteiger partial charge in [0.05, 0.1) is 17.8 Å². The number of alkyl halides is 7. The Morgan fingerprint density at radius 3 is 2.07 bits per heavy atom. The lowest BCUT2D eigenvalue weighted by atomic mass is 9.73. The van der Waals surface area contributed by atoms with Crippen molar-refractivity contribution in [3.63, 3.8) is 0 Å². The number of Topliss-reactive ketones (excluding diaryl/α,β-unsaturated/α-hetero) is 1. The fraction of sp³-hybridized carbons (Fsp3) is 0.474. The van der Waals surface area contributed by atoms with E-state index in [9.17, 15) is 45.0 Å². The molecule has 0 spiro atoms. The van der Waals surface area contributed by atoms with Gasteiger partial charge in [-0.15, -0.1) is 0 Å². The van der Waals surface area contributed by atoms with Crippen LogP contribution in [0, 0.1) is 11.2 Å². The number of benzene rings is 1. The fourth-order valence-electron chi connectivity index (χ4n) is 2.95. The third kappa shape index (κ3) is 4.49. The third-order valence-electron chi connectivity index (χ3n) is 4.50. The summed E-state index contributed by atoms with van der Waals surface area (Å²) in [6, 6.07) is 4.70. The Balaban J connectivity index is 2.58. The summed E-state index contributed by atoms with van der Waals surface area (Å²) in [7, 11) is 0. The molecule has 30 heavy (non-hydrogen) atoms. The molecule has 1 fully saturated rings. The van der Waals surface area contributed by atoms with E-state index >= 15 is 0 Å². The maximum absolute atomic E-state index is 14.0. The molecule has 0 aromatic heterocycles. The van der Waals surface area contributed by atoms with Crippen LogP contribution in [0.2, 0.25) is 0 Å². The summed E-state index contributed by atoms with van der Waals surface area (Å²) >= 11 is 0. The van der Waals surface area contributed by atoms with Gasteiger partial charge in [-0.1, -0.05) is 26.0 Å². The number of ketones is 1. The lowest BCUT2D eigenvalue weighted by Crippen LogP contribution is -2.54. The van der Waals surface area contributed by atoms with Gasteiger partial charge in [-0.05, 0) is 29.5 Å². The topological polar surface area (TPSA) is 49.7 Å². The number of aliphatic imine (C=N–C) groups is 1. The highest BCUT2D eigenvalue weighted by Crippen LogP contribution is 2.50. The summed E-state index contributed by atoms with van der Waals surface area (Å²) in [6.07, 6.45) is -7.39. The van der Waals surface area contributed by atoms with Gasteiger partial charge in [-0.25, -0.2) is 4.39 Å². The first-order valence-corrected chi connectivity index (χ1v) is 8.57. The summed E-state index contributed by atoms with van der Waals surface area (Å²) in [5.41, 5.74) is -2.41. The van der Waals surface area contributed by atoms with Crippen LogP contribution in [0.25, 0.3) is 0 Å². The van der Waals surface area contributed by atoms with Gasteiger partial charge < -0.3 is 5.11 Å². The molecule has 3 nitrogen and oxygen atoms in total. The summed E-state index contributed by atoms with van der Waals surface area (Å²) in [4.78, 5) is 16.2. The minimum absolute atomic E-state index is 0.243. The molecule has 166 valence electrons. The Hall–Kier alpha value is -2.46. The van der Waals surface area contributed by atoms with Gasteiger partial charge in [-0.3, -0.25) is 9.79 Å². The molecular weight excluding hydrogens is 426 g/mol. The van der Waals surface area contributed by atoms with Crippen LogP contribution in [0.15, 0.2) is 40.6 Å². The number of carbonyl (C=O) groups excluding carboxylic acids is 1. The van der Waals surface area contributed by atoms with Crippen LogP contribution in [0.5, 0.6) is 0 Å². The smallest absolute Gasteiger partial charge is 0.460 e. The normalized spacial score (nSPS) is 21.1. The molecule has 11 heteroatoms. The fourth-order valence-corrected chi connectivity index (χ4v) is 2.95. The predicted octanol–water partition coefficient (Wildman–Crippen LogP) is 5.80. The molecule has 0 radical (unpaired) electrons. The van der Waals surface area contributed by atoms with Crippen LogP contribution in [0.3, 0.4) is 0 Å². The predicted molar refractivity (Wildman–Crippen MR) is 91.2 cm³/mol. The Morgan fingerprint density at radius 1 is 1.03 bits per heavy atom. The van der Waals surface area contributed by atoms with Gasteiger partial charge in [0.25, 0.3) is 0 Å². The van der Waals surface area contributed by atoms with E-state index in [0.29, 0.717) is 5.56 Å². The number of aliphatic hydroxyl groups excluding tert-OH is 1. The second-order valence-electron chi connectivity index (χ2n) is 7.70. The number of halogens is 8. The van der Waals surface area contributed by atoms with Gasteiger partial charge in [-0.2, -0.15) is 30.7 Å². The highest BCUT2D eigenvalue weighted by molar-refractivity contribution is 6.24. The lowest BCUT2D eigenvalue weighted by Gasteiger charge is -2.34. The van der Waals surface area contributed by atoms with E-state index in [1.54, 1.807) is 0 Å². The van der Waals surface area contributed by atoms with Crippen molar-refractivity contribution in [2.75, 3.05) is 0 Å². The Kier molecular flexibility index (Phi) is 6.08. The van der Waals surface area contributed by atoms with Gasteiger partial charge in [0.15, 0.2) is 11.5 Å². The van der Waals surface area contributed by atoms with Crippen molar-refractivity contribution in [3.05, 3.63) is 47.0 Å². The number of hydrogen-bond donors (Lipinski definition) is 1. The van der Waals surface area contributed by atoms with Crippen molar-refractivity contribution < 1.29 is 45.0 Å². The summed E-state index contributed by atoms with van der Waals surface area (Å²) < 4.78 is 105. The molecule has 1 saturated carbocycles. The standard InChI is InChI=1S/C19H17F8NO2/c1-16(2)7-12(28-9-10-3-5-11(20)6-4-10)14(13(29)8-16)15(30)17(21,22)18(23,24)19(25,26)27/h3-6,30H,7-9H2,1-2H3/b15-14+,28-12?. The van der Waals surface area contributed by atoms with Crippen molar-refractivity contribution in [2.24, 2.45) is 10.4 Å². The van der Waals surface area contributed by atoms with E-state index < -0.39 is 58.5 Å². The second-order valence-corrected chi connectivity index (χ2v) is 7.70. The number of rotatable bonds is 4. The molecule has 0 amide bonds. The molecule has 1 aliphatic rings. The quantitative estimate of drug-likeness (QED) is 0.363. The first-order valence-electron chi connectivity index (χ1n) is 8.57. The van der Waals surface area contributed by atoms with Crippen LogP contribution in [-0.4, -0.2) is 34.6 Å². The van der Waals surface area contributed by atoms with Crippen LogP contribution >= 0.6 is 0 Å². The maximum Gasteiger partial charge on any atom is 0.460 e. The molecule has 0 saturated heterocycles. The zero-order chi connectivity index (χ0) is 23.1. The molecule has 0 unspecified atom stereocenters. The lowest BCUT2D eigenvalue weighted by molar-refractivity contribution is -0.349. The monoisotopic (exact) mass is 443 g/mol. The number of aliphatic hydroxyl groups is 1. The molecule has 1 N–H and O–H groups in total. The highest BCUT2D eigenvalue weighted by atomic mass is 19.4. The SMILES string of the molecule is CC1(C)CC(=O)/C(=C(/O)C(F)(F)C(F)(F)C(F)(F)F)C(=NCc2ccc(F)cc2)C1. The van der Waals surface area contributed by atoms with Crippen molar-refractivity contribution in [1.82, 2.24) is 0 Å². The van der Waals surface area contributed by atoms with Crippen LogP contribution < -0.4 is 0 Å². The molecule has 1 aromatic carbocycles. The summed E-state index contributed by atoms with van der Waals surface area (Å²) in [5, 5.41) is 9.74. The van der Waals surface area contributed by atoms with Gasteiger partial charge in [0, 0.05) is 6.42 Å². The number of allylic oxidation sites excluding steroid dienone is 2. The van der Waals surface area contributed by atoms with Crippen LogP contribution in [0.4, 0.5) is 35.1 Å². The van der Waals surface area contributed by atoms with Crippen molar-refractivity contribution in [3.8, 4) is 0 Å². The minimum Gasteiger partial charge on any atom is -0.506 e. The first-order chi connectivity index (χ1) is 13.5. The third-order valence-corrected chi connectivity index (χ3v) is 4.50.